The number of nitrogens with zero attached hydrogens (tertiary/aromatic N) is 4. The fourth-order valence-electron chi connectivity index (χ4n) is 2.56. The predicted octanol–water partition coefficient (Wildman–Crippen LogP) is 0.761. The van der Waals surface area contributed by atoms with Gasteiger partial charge in [0.05, 0.1) is 18.2 Å². The Kier molecular flexibility index (Phi) is 4.97. The number of likely N-dealkylation sites (tertiary alicyclic amines) is 1. The van der Waals surface area contributed by atoms with Crippen LogP contribution in [0.2, 0.25) is 0 Å². The molecule has 0 saturated carbocycles. The number of aliphatic hydroxyl groups excluding tert-OH is 1. The first kappa shape index (κ1) is 16.3. The van der Waals surface area contributed by atoms with Crippen LogP contribution in [0.1, 0.15) is 19.8 Å². The molecule has 0 spiro atoms. The van der Waals surface area contributed by atoms with Crippen LogP contribution in [0, 0.1) is 10.1 Å². The van der Waals surface area contributed by atoms with Crippen molar-refractivity contribution in [3.8, 4) is 0 Å². The number of β-amino-alcohol motifs (C(OH)–C–C–N with tert-alkyl or cyclic N) is 1. The van der Waals surface area contributed by atoms with Crippen LogP contribution in [-0.2, 0) is 6.54 Å². The summed E-state index contributed by atoms with van der Waals surface area (Å²) in [6.07, 6.45) is 2.46. The summed E-state index contributed by atoms with van der Waals surface area (Å²) in [6.45, 7) is 3.81. The molecule has 1 fully saturated rings. The van der Waals surface area contributed by atoms with E-state index in [1.54, 1.807) is 6.92 Å². The molecule has 21 heavy (non-hydrogen) atoms. The van der Waals surface area contributed by atoms with E-state index in [-0.39, 0.29) is 18.5 Å². The standard InChI is InChI=1S/C12H19BrN4O4/c1-12(19,7-15-4-2-9(18)3-5-15)8-16-6-10(17(20)21)14-11(16)13/h6,9,18-19H,2-5,7-8H2,1H3. The van der Waals surface area contributed by atoms with Crippen LogP contribution in [0.25, 0.3) is 0 Å². The summed E-state index contributed by atoms with van der Waals surface area (Å²) in [7, 11) is 0. The van der Waals surface area contributed by atoms with Crippen LogP contribution >= 0.6 is 15.9 Å². The highest BCUT2D eigenvalue weighted by Crippen LogP contribution is 2.21. The first-order valence-corrected chi connectivity index (χ1v) is 7.56. The van der Waals surface area contributed by atoms with Gasteiger partial charge in [-0.05, 0) is 29.7 Å². The molecule has 9 heteroatoms. The minimum absolute atomic E-state index is 0.202. The molecule has 1 aliphatic rings. The molecule has 0 bridgehead atoms. The Morgan fingerprint density at radius 2 is 2.14 bits per heavy atom. The zero-order valence-corrected chi connectivity index (χ0v) is 13.4. The topological polar surface area (TPSA) is 105 Å². The molecular formula is C12H19BrN4O4. The Morgan fingerprint density at radius 3 is 2.67 bits per heavy atom. The highest BCUT2D eigenvalue weighted by atomic mass is 79.9. The first-order valence-electron chi connectivity index (χ1n) is 6.77. The number of piperidine rings is 1. The van der Waals surface area contributed by atoms with E-state index in [9.17, 15) is 20.3 Å². The third kappa shape index (κ3) is 4.47. The van der Waals surface area contributed by atoms with Gasteiger partial charge in [0.15, 0.2) is 0 Å². The molecule has 1 saturated heterocycles. The van der Waals surface area contributed by atoms with Crippen molar-refractivity contribution in [2.24, 2.45) is 0 Å². The van der Waals surface area contributed by atoms with E-state index in [0.717, 1.165) is 13.1 Å². The summed E-state index contributed by atoms with van der Waals surface area (Å²) in [6, 6.07) is 0. The Morgan fingerprint density at radius 1 is 1.52 bits per heavy atom. The van der Waals surface area contributed by atoms with Crippen LogP contribution < -0.4 is 0 Å². The average molecular weight is 363 g/mol. The number of halogens is 1. The number of nitro groups is 1. The normalized spacial score (nSPS) is 20.4. The lowest BCUT2D eigenvalue weighted by Gasteiger charge is -2.35. The lowest BCUT2D eigenvalue weighted by atomic mass is 10.0. The van der Waals surface area contributed by atoms with Crippen molar-refractivity contribution in [1.82, 2.24) is 14.5 Å². The van der Waals surface area contributed by atoms with Crippen molar-refractivity contribution >= 4 is 21.7 Å². The second kappa shape index (κ2) is 6.39. The van der Waals surface area contributed by atoms with Gasteiger partial charge in [-0.15, -0.1) is 0 Å². The Hall–Kier alpha value is -1.03. The largest absolute Gasteiger partial charge is 0.393 e. The summed E-state index contributed by atoms with van der Waals surface area (Å²) in [5.74, 6) is -0.251. The predicted molar refractivity (Wildman–Crippen MR) is 78.9 cm³/mol. The maximum absolute atomic E-state index is 10.7. The smallest absolute Gasteiger partial charge is 0.382 e. The minimum atomic E-state index is -1.04. The number of hydrogen-bond acceptors (Lipinski definition) is 6. The summed E-state index contributed by atoms with van der Waals surface area (Å²) >= 11 is 3.16. The van der Waals surface area contributed by atoms with Crippen molar-refractivity contribution in [2.45, 2.75) is 38.0 Å². The maximum Gasteiger partial charge on any atom is 0.382 e. The third-order valence-electron chi connectivity index (χ3n) is 3.53. The maximum atomic E-state index is 10.7. The lowest BCUT2D eigenvalue weighted by Crippen LogP contribution is -2.47. The number of hydrogen-bond donors (Lipinski definition) is 2. The van der Waals surface area contributed by atoms with E-state index in [4.69, 9.17) is 0 Å². The fraction of sp³-hybridized carbons (Fsp3) is 0.750. The molecule has 1 aliphatic heterocycles. The minimum Gasteiger partial charge on any atom is -0.393 e. The molecule has 1 aromatic heterocycles. The van der Waals surface area contributed by atoms with E-state index in [0.29, 0.717) is 24.1 Å². The van der Waals surface area contributed by atoms with Crippen LogP contribution in [0.3, 0.4) is 0 Å². The number of aromatic nitrogens is 2. The van der Waals surface area contributed by atoms with Gasteiger partial charge in [0, 0.05) is 35.6 Å². The highest BCUT2D eigenvalue weighted by Gasteiger charge is 2.29. The Bertz CT molecular complexity index is 511. The van der Waals surface area contributed by atoms with Gasteiger partial charge < -0.3 is 25.2 Å². The van der Waals surface area contributed by atoms with Crippen LogP contribution in [0.4, 0.5) is 5.82 Å². The molecule has 1 atom stereocenters. The van der Waals surface area contributed by atoms with Crippen molar-refractivity contribution < 1.29 is 15.1 Å². The number of aliphatic hydroxyl groups is 2. The van der Waals surface area contributed by atoms with Gasteiger partial charge in [0.25, 0.3) is 4.73 Å². The van der Waals surface area contributed by atoms with Crippen molar-refractivity contribution in [3.05, 3.63) is 21.0 Å². The van der Waals surface area contributed by atoms with Gasteiger partial charge in [-0.25, -0.2) is 0 Å². The van der Waals surface area contributed by atoms with E-state index < -0.39 is 10.5 Å². The molecule has 2 heterocycles. The molecule has 0 aliphatic carbocycles. The molecule has 118 valence electrons. The monoisotopic (exact) mass is 362 g/mol. The average Bonchev–Trinajstić information content (AvgIpc) is 2.73. The van der Waals surface area contributed by atoms with E-state index in [1.165, 1.54) is 10.8 Å². The molecule has 1 unspecified atom stereocenters. The quantitative estimate of drug-likeness (QED) is 0.591. The molecule has 2 rings (SSSR count). The molecule has 8 nitrogen and oxygen atoms in total. The van der Waals surface area contributed by atoms with Crippen molar-refractivity contribution in [1.29, 1.82) is 0 Å². The van der Waals surface area contributed by atoms with E-state index >= 15 is 0 Å². The molecule has 2 N–H and O–H groups in total. The van der Waals surface area contributed by atoms with E-state index in [1.807, 2.05) is 0 Å². The second-order valence-electron chi connectivity index (χ2n) is 5.76. The van der Waals surface area contributed by atoms with Crippen LogP contribution in [-0.4, -0.2) is 60.9 Å². The fourth-order valence-corrected chi connectivity index (χ4v) is 2.96. The Labute approximate surface area is 130 Å². The van der Waals surface area contributed by atoms with Crippen LogP contribution in [0.15, 0.2) is 10.9 Å². The Balaban J connectivity index is 1.98. The number of rotatable bonds is 5. The lowest BCUT2D eigenvalue weighted by molar-refractivity contribution is -0.389. The second-order valence-corrected chi connectivity index (χ2v) is 6.47. The summed E-state index contributed by atoms with van der Waals surface area (Å²) in [5, 5.41) is 30.7. The summed E-state index contributed by atoms with van der Waals surface area (Å²) in [5.41, 5.74) is -1.04. The SMILES string of the molecule is CC(O)(CN1CCC(O)CC1)Cn1cc([N+](=O)[O-])nc1Br. The van der Waals surface area contributed by atoms with Gasteiger partial charge in [-0.3, -0.25) is 4.57 Å². The third-order valence-corrected chi connectivity index (χ3v) is 4.17. The van der Waals surface area contributed by atoms with Gasteiger partial charge in [0.1, 0.15) is 6.20 Å². The van der Waals surface area contributed by atoms with Gasteiger partial charge in [0.2, 0.25) is 0 Å². The van der Waals surface area contributed by atoms with Gasteiger partial charge in [-0.2, -0.15) is 0 Å². The highest BCUT2D eigenvalue weighted by molar-refractivity contribution is 9.10. The molecular weight excluding hydrogens is 344 g/mol. The van der Waals surface area contributed by atoms with Gasteiger partial charge >= 0.3 is 5.82 Å². The van der Waals surface area contributed by atoms with Crippen LogP contribution in [0.5, 0.6) is 0 Å². The molecule has 0 radical (unpaired) electrons. The zero-order valence-electron chi connectivity index (χ0n) is 11.8. The first-order chi connectivity index (χ1) is 9.77. The summed E-state index contributed by atoms with van der Waals surface area (Å²) < 4.78 is 1.85. The number of imidazole rings is 1. The van der Waals surface area contributed by atoms with E-state index in [2.05, 4.69) is 25.8 Å². The molecule has 1 aromatic rings. The molecule has 0 amide bonds. The van der Waals surface area contributed by atoms with Crippen molar-refractivity contribution in [3.63, 3.8) is 0 Å². The zero-order chi connectivity index (χ0) is 15.6. The summed E-state index contributed by atoms with van der Waals surface area (Å²) in [4.78, 5) is 16.0. The van der Waals surface area contributed by atoms with Crippen molar-refractivity contribution in [2.75, 3.05) is 19.6 Å². The van der Waals surface area contributed by atoms with Gasteiger partial charge in [-0.1, -0.05) is 0 Å². The molecule has 0 aromatic carbocycles.